The molecule has 3 aliphatic rings. The van der Waals surface area contributed by atoms with Crippen molar-refractivity contribution in [3.8, 4) is 0 Å². The van der Waals surface area contributed by atoms with E-state index >= 15 is 0 Å². The minimum absolute atomic E-state index is 0.219. The second kappa shape index (κ2) is 5.47. The summed E-state index contributed by atoms with van der Waals surface area (Å²) in [4.78, 5) is 23.6. The number of carbonyl (C=O) groups excluding carboxylic acids is 2. The van der Waals surface area contributed by atoms with E-state index in [-0.39, 0.29) is 23.5 Å². The smallest absolute Gasteiger partial charge is 0.310 e. The molecule has 4 heteroatoms. The summed E-state index contributed by atoms with van der Waals surface area (Å²) in [7, 11) is 0. The van der Waals surface area contributed by atoms with Crippen LogP contribution in [0, 0.1) is 17.3 Å². The molecule has 0 aromatic carbocycles. The van der Waals surface area contributed by atoms with E-state index in [9.17, 15) is 9.59 Å². The van der Waals surface area contributed by atoms with E-state index in [1.807, 2.05) is 20.8 Å². The van der Waals surface area contributed by atoms with Crippen molar-refractivity contribution in [1.82, 2.24) is 0 Å². The van der Waals surface area contributed by atoms with Gasteiger partial charge in [-0.05, 0) is 38.5 Å². The Kier molecular flexibility index (Phi) is 4.24. The molecule has 1 saturated heterocycles. The van der Waals surface area contributed by atoms with Gasteiger partial charge in [0.05, 0.1) is 11.3 Å². The second-order valence-electron chi connectivity index (χ2n) is 6.45. The van der Waals surface area contributed by atoms with E-state index in [4.69, 9.17) is 10.5 Å². The molecule has 2 saturated carbocycles. The molecule has 4 nitrogen and oxygen atoms in total. The van der Waals surface area contributed by atoms with E-state index in [1.54, 1.807) is 0 Å². The van der Waals surface area contributed by atoms with E-state index in [1.165, 1.54) is 6.42 Å². The molecule has 3 fully saturated rings. The van der Waals surface area contributed by atoms with Crippen LogP contribution < -0.4 is 5.73 Å². The van der Waals surface area contributed by atoms with Gasteiger partial charge in [0.25, 0.3) is 0 Å². The van der Waals surface area contributed by atoms with Gasteiger partial charge in [-0.2, -0.15) is 0 Å². The Morgan fingerprint density at radius 2 is 2.00 bits per heavy atom. The van der Waals surface area contributed by atoms with Crippen LogP contribution in [-0.4, -0.2) is 23.9 Å². The molecule has 3 rings (SSSR count). The average molecular weight is 281 g/mol. The van der Waals surface area contributed by atoms with Crippen LogP contribution in [0.4, 0.5) is 0 Å². The van der Waals surface area contributed by atoms with Crippen LogP contribution in [0.15, 0.2) is 0 Å². The Morgan fingerprint density at radius 3 is 2.65 bits per heavy atom. The zero-order valence-corrected chi connectivity index (χ0v) is 12.9. The van der Waals surface area contributed by atoms with Crippen LogP contribution in [0.25, 0.3) is 0 Å². The molecule has 5 unspecified atom stereocenters. The summed E-state index contributed by atoms with van der Waals surface area (Å²) < 4.78 is 5.33. The number of hydrogen-bond donors (Lipinski definition) is 1. The molecule has 2 N–H and O–H groups in total. The summed E-state index contributed by atoms with van der Waals surface area (Å²) in [6.45, 7) is 5.85. The van der Waals surface area contributed by atoms with Crippen molar-refractivity contribution < 1.29 is 14.3 Å². The van der Waals surface area contributed by atoms with Crippen LogP contribution >= 0.6 is 0 Å². The van der Waals surface area contributed by atoms with E-state index in [0.717, 1.165) is 32.0 Å². The molecule has 0 aromatic rings. The lowest BCUT2D eigenvalue weighted by Crippen LogP contribution is -2.59. The average Bonchev–Trinajstić information content (AvgIpc) is 2.69. The zero-order valence-electron chi connectivity index (χ0n) is 12.9. The van der Waals surface area contributed by atoms with Gasteiger partial charge in [-0.1, -0.05) is 26.7 Å². The molecule has 5 atom stereocenters. The molecule has 0 amide bonds. The Hall–Kier alpha value is -0.900. The van der Waals surface area contributed by atoms with Gasteiger partial charge >= 0.3 is 5.97 Å². The Bertz CT molecular complexity index is 397. The van der Waals surface area contributed by atoms with Crippen LogP contribution in [0.5, 0.6) is 0 Å². The van der Waals surface area contributed by atoms with E-state index < -0.39 is 5.41 Å². The highest BCUT2D eigenvalue weighted by Gasteiger charge is 2.63. The summed E-state index contributed by atoms with van der Waals surface area (Å²) in [5.74, 6) is -0.169. The van der Waals surface area contributed by atoms with Gasteiger partial charge in [-0.3, -0.25) is 4.79 Å². The van der Waals surface area contributed by atoms with Crippen molar-refractivity contribution in [1.29, 1.82) is 0 Å². The molecule has 2 aliphatic carbocycles. The minimum atomic E-state index is -0.609. The van der Waals surface area contributed by atoms with Crippen molar-refractivity contribution in [2.45, 2.75) is 70.9 Å². The van der Waals surface area contributed by atoms with E-state index in [0.29, 0.717) is 12.3 Å². The van der Waals surface area contributed by atoms with Gasteiger partial charge in [0.2, 0.25) is 0 Å². The third kappa shape index (κ3) is 2.09. The first-order valence-corrected chi connectivity index (χ1v) is 7.97. The first-order chi connectivity index (χ1) is 9.52. The first-order valence-electron chi connectivity index (χ1n) is 7.97. The number of rotatable bonds is 1. The van der Waals surface area contributed by atoms with Crippen LogP contribution in [0.1, 0.15) is 59.3 Å². The number of aldehydes is 1. The fourth-order valence-electron chi connectivity index (χ4n) is 4.39. The van der Waals surface area contributed by atoms with Gasteiger partial charge in [0, 0.05) is 5.54 Å². The highest BCUT2D eigenvalue weighted by molar-refractivity contribution is 5.83. The second-order valence-corrected chi connectivity index (χ2v) is 6.45. The van der Waals surface area contributed by atoms with Crippen LogP contribution in [0.3, 0.4) is 0 Å². The standard InChI is InChI=1S/C14H21NO3.C2H6/c1-9-13(8-16)6-10-4-2-3-5-14(10,15)7-11(13)12(17)18-9;1-2/h8-11H,2-7,15H2,1H3;1-2H3. The zero-order chi connectivity index (χ0) is 15.0. The molecular weight excluding hydrogens is 254 g/mol. The van der Waals surface area contributed by atoms with Gasteiger partial charge < -0.3 is 15.3 Å². The molecule has 0 spiro atoms. The van der Waals surface area contributed by atoms with Crippen molar-refractivity contribution in [2.75, 3.05) is 0 Å². The fourth-order valence-corrected chi connectivity index (χ4v) is 4.39. The van der Waals surface area contributed by atoms with Crippen molar-refractivity contribution in [3.05, 3.63) is 0 Å². The lowest BCUT2D eigenvalue weighted by atomic mass is 9.53. The van der Waals surface area contributed by atoms with Gasteiger partial charge in [0.1, 0.15) is 12.4 Å². The number of carbonyl (C=O) groups is 2. The molecule has 0 radical (unpaired) electrons. The van der Waals surface area contributed by atoms with Gasteiger partial charge in [-0.15, -0.1) is 0 Å². The van der Waals surface area contributed by atoms with Crippen LogP contribution in [0.2, 0.25) is 0 Å². The normalized spacial score (nSPS) is 46.4. The van der Waals surface area contributed by atoms with E-state index in [2.05, 4.69) is 0 Å². The van der Waals surface area contributed by atoms with Crippen molar-refractivity contribution >= 4 is 12.3 Å². The van der Waals surface area contributed by atoms with Crippen molar-refractivity contribution in [3.63, 3.8) is 0 Å². The number of cyclic esters (lactones) is 1. The van der Waals surface area contributed by atoms with Gasteiger partial charge in [0.15, 0.2) is 0 Å². The summed E-state index contributed by atoms with van der Waals surface area (Å²) >= 11 is 0. The van der Waals surface area contributed by atoms with Gasteiger partial charge in [-0.25, -0.2) is 0 Å². The summed E-state index contributed by atoms with van der Waals surface area (Å²) in [6, 6.07) is 0. The first kappa shape index (κ1) is 15.5. The highest BCUT2D eigenvalue weighted by atomic mass is 16.6. The van der Waals surface area contributed by atoms with Crippen molar-refractivity contribution in [2.24, 2.45) is 23.0 Å². The maximum atomic E-state index is 12.0. The molecule has 1 aliphatic heterocycles. The number of hydrogen-bond acceptors (Lipinski definition) is 4. The quantitative estimate of drug-likeness (QED) is 0.592. The minimum Gasteiger partial charge on any atom is -0.461 e. The summed E-state index contributed by atoms with van der Waals surface area (Å²) in [5, 5.41) is 0. The number of nitrogens with two attached hydrogens (primary N) is 1. The third-order valence-electron chi connectivity index (χ3n) is 5.64. The number of ether oxygens (including phenoxy) is 1. The predicted molar refractivity (Wildman–Crippen MR) is 77.0 cm³/mol. The summed E-state index contributed by atoms with van der Waals surface area (Å²) in [5.41, 5.74) is 5.66. The maximum Gasteiger partial charge on any atom is 0.310 e. The lowest BCUT2D eigenvalue weighted by Gasteiger charge is -2.51. The SMILES string of the molecule is CC.CC1OC(=O)C2CC3(N)CCCCC3CC12C=O. The Balaban J connectivity index is 0.000000704. The molecular formula is C16H27NO3. The Labute approximate surface area is 121 Å². The highest BCUT2D eigenvalue weighted by Crippen LogP contribution is 2.56. The number of esters is 1. The predicted octanol–water partition coefficient (Wildman–Crippen LogP) is 2.44. The molecule has 0 aromatic heterocycles. The lowest BCUT2D eigenvalue weighted by molar-refractivity contribution is -0.144. The maximum absolute atomic E-state index is 12.0. The largest absolute Gasteiger partial charge is 0.461 e. The fraction of sp³-hybridized carbons (Fsp3) is 0.875. The summed E-state index contributed by atoms with van der Waals surface area (Å²) in [6.07, 6.45) is 6.42. The molecule has 114 valence electrons. The monoisotopic (exact) mass is 281 g/mol. The topological polar surface area (TPSA) is 69.4 Å². The third-order valence-corrected chi connectivity index (χ3v) is 5.64. The molecule has 0 bridgehead atoms. The number of fused-ring (bicyclic) bond motifs is 2. The Morgan fingerprint density at radius 1 is 1.30 bits per heavy atom. The van der Waals surface area contributed by atoms with Crippen LogP contribution in [-0.2, 0) is 14.3 Å². The molecule has 1 heterocycles. The molecule has 20 heavy (non-hydrogen) atoms.